The Morgan fingerprint density at radius 1 is 1.14 bits per heavy atom. The van der Waals surface area contributed by atoms with Gasteiger partial charge in [-0.3, -0.25) is 4.79 Å². The Bertz CT molecular complexity index is 566. The molecule has 2 aromatic carbocycles. The quantitative estimate of drug-likeness (QED) is 0.821. The fraction of sp³-hybridized carbons (Fsp3) is 0.235. The van der Waals surface area contributed by atoms with Crippen LogP contribution in [0, 0.1) is 0 Å². The van der Waals surface area contributed by atoms with E-state index in [-0.39, 0.29) is 12.5 Å². The van der Waals surface area contributed by atoms with Crippen LogP contribution in [0.15, 0.2) is 54.6 Å². The molecule has 4 heteroatoms. The zero-order chi connectivity index (χ0) is 15.1. The highest BCUT2D eigenvalue weighted by molar-refractivity contribution is 5.68. The SMILES string of the molecule is COc1ccc([C@H](CC(=O)O)NCc2ccccc2)cc1. The summed E-state index contributed by atoms with van der Waals surface area (Å²) in [6.07, 6.45) is 0.0408. The molecule has 0 heterocycles. The van der Waals surface area contributed by atoms with Gasteiger partial charge in [-0.2, -0.15) is 0 Å². The second-order valence-corrected chi connectivity index (χ2v) is 4.79. The molecule has 0 aliphatic heterocycles. The molecule has 0 unspecified atom stereocenters. The van der Waals surface area contributed by atoms with Gasteiger partial charge in [0, 0.05) is 12.6 Å². The van der Waals surface area contributed by atoms with E-state index in [9.17, 15) is 4.79 Å². The smallest absolute Gasteiger partial charge is 0.305 e. The standard InChI is InChI=1S/C17H19NO3/c1-21-15-9-7-14(8-10-15)16(11-17(19)20)18-12-13-5-3-2-4-6-13/h2-10,16,18H,11-12H2,1H3,(H,19,20)/t16-/m0/s1. The van der Waals surface area contributed by atoms with Crippen LogP contribution in [0.5, 0.6) is 5.75 Å². The van der Waals surface area contributed by atoms with Gasteiger partial charge in [0.15, 0.2) is 0 Å². The van der Waals surface area contributed by atoms with Gasteiger partial charge in [-0.15, -0.1) is 0 Å². The zero-order valence-electron chi connectivity index (χ0n) is 12.0. The third-order valence-electron chi connectivity index (χ3n) is 3.29. The second-order valence-electron chi connectivity index (χ2n) is 4.79. The topological polar surface area (TPSA) is 58.6 Å². The van der Waals surface area contributed by atoms with Crippen molar-refractivity contribution in [1.29, 1.82) is 0 Å². The van der Waals surface area contributed by atoms with Crippen molar-refractivity contribution in [2.24, 2.45) is 0 Å². The van der Waals surface area contributed by atoms with Gasteiger partial charge in [-0.25, -0.2) is 0 Å². The fourth-order valence-electron chi connectivity index (χ4n) is 2.16. The predicted molar refractivity (Wildman–Crippen MR) is 81.3 cm³/mol. The molecule has 0 amide bonds. The van der Waals surface area contributed by atoms with Crippen molar-refractivity contribution in [1.82, 2.24) is 5.32 Å². The number of aliphatic carboxylic acids is 1. The van der Waals surface area contributed by atoms with Gasteiger partial charge in [0.05, 0.1) is 13.5 Å². The Hall–Kier alpha value is -2.33. The van der Waals surface area contributed by atoms with Gasteiger partial charge in [0.25, 0.3) is 0 Å². The lowest BCUT2D eigenvalue weighted by molar-refractivity contribution is -0.137. The van der Waals surface area contributed by atoms with E-state index < -0.39 is 5.97 Å². The summed E-state index contributed by atoms with van der Waals surface area (Å²) >= 11 is 0. The van der Waals surface area contributed by atoms with E-state index in [0.717, 1.165) is 16.9 Å². The molecule has 2 aromatic rings. The Kier molecular flexibility index (Phi) is 5.35. The molecule has 1 atom stereocenters. The number of methoxy groups -OCH3 is 1. The molecule has 0 saturated heterocycles. The molecule has 2 N–H and O–H groups in total. The minimum absolute atomic E-state index is 0.0408. The van der Waals surface area contributed by atoms with Crippen molar-refractivity contribution < 1.29 is 14.6 Å². The number of carboxylic acids is 1. The number of ether oxygens (including phenoxy) is 1. The van der Waals surface area contributed by atoms with Gasteiger partial charge in [0.2, 0.25) is 0 Å². The highest BCUT2D eigenvalue weighted by atomic mass is 16.5. The average molecular weight is 285 g/mol. The number of hydrogen-bond acceptors (Lipinski definition) is 3. The van der Waals surface area contributed by atoms with Crippen LogP contribution in [-0.2, 0) is 11.3 Å². The summed E-state index contributed by atoms with van der Waals surface area (Å²) < 4.78 is 5.12. The molecule has 0 saturated carbocycles. The van der Waals surface area contributed by atoms with E-state index in [1.54, 1.807) is 7.11 Å². The average Bonchev–Trinajstić information content (AvgIpc) is 2.52. The van der Waals surface area contributed by atoms with Crippen molar-refractivity contribution in [3.63, 3.8) is 0 Å². The number of hydrogen-bond donors (Lipinski definition) is 2. The lowest BCUT2D eigenvalue weighted by atomic mass is 10.0. The highest BCUT2D eigenvalue weighted by Gasteiger charge is 2.15. The Morgan fingerprint density at radius 2 is 1.81 bits per heavy atom. The number of rotatable bonds is 7. The molecule has 0 aliphatic carbocycles. The van der Waals surface area contributed by atoms with Crippen LogP contribution >= 0.6 is 0 Å². The molecule has 2 rings (SSSR count). The summed E-state index contributed by atoms with van der Waals surface area (Å²) in [7, 11) is 1.61. The molecule has 21 heavy (non-hydrogen) atoms. The molecule has 0 aromatic heterocycles. The molecular weight excluding hydrogens is 266 g/mol. The van der Waals surface area contributed by atoms with Gasteiger partial charge >= 0.3 is 5.97 Å². The van der Waals surface area contributed by atoms with Crippen molar-refractivity contribution in [2.45, 2.75) is 19.0 Å². The third kappa shape index (κ3) is 4.61. The normalized spacial score (nSPS) is 11.9. The first-order valence-corrected chi connectivity index (χ1v) is 6.82. The molecule has 0 aliphatic rings. The predicted octanol–water partition coefficient (Wildman–Crippen LogP) is 3.00. The summed E-state index contributed by atoms with van der Waals surface area (Å²) in [5.41, 5.74) is 2.07. The maximum Gasteiger partial charge on any atom is 0.305 e. The molecule has 110 valence electrons. The number of carbonyl (C=O) groups is 1. The van der Waals surface area contributed by atoms with Crippen LogP contribution in [0.4, 0.5) is 0 Å². The number of nitrogens with one attached hydrogen (secondary N) is 1. The van der Waals surface area contributed by atoms with Crippen LogP contribution < -0.4 is 10.1 Å². The number of benzene rings is 2. The van der Waals surface area contributed by atoms with E-state index in [1.165, 1.54) is 0 Å². The van der Waals surface area contributed by atoms with Crippen molar-refractivity contribution >= 4 is 5.97 Å². The first kappa shape index (κ1) is 15.1. The highest BCUT2D eigenvalue weighted by Crippen LogP contribution is 2.21. The van der Waals surface area contributed by atoms with E-state index in [4.69, 9.17) is 9.84 Å². The van der Waals surface area contributed by atoms with Crippen molar-refractivity contribution in [2.75, 3.05) is 7.11 Å². The zero-order valence-corrected chi connectivity index (χ0v) is 12.0. The maximum atomic E-state index is 11.1. The first-order chi connectivity index (χ1) is 10.2. The lowest BCUT2D eigenvalue weighted by Crippen LogP contribution is -2.23. The van der Waals surface area contributed by atoms with E-state index in [2.05, 4.69) is 5.32 Å². The Morgan fingerprint density at radius 3 is 2.38 bits per heavy atom. The largest absolute Gasteiger partial charge is 0.497 e. The molecule has 0 bridgehead atoms. The maximum absolute atomic E-state index is 11.1. The van der Waals surface area contributed by atoms with E-state index in [1.807, 2.05) is 54.6 Å². The van der Waals surface area contributed by atoms with Crippen molar-refractivity contribution in [3.8, 4) is 5.75 Å². The molecule has 4 nitrogen and oxygen atoms in total. The van der Waals surface area contributed by atoms with Crippen LogP contribution in [0.2, 0.25) is 0 Å². The summed E-state index contributed by atoms with van der Waals surface area (Å²) in [6.45, 7) is 0.630. The molecule has 0 spiro atoms. The van der Waals surface area contributed by atoms with Gasteiger partial charge in [0.1, 0.15) is 5.75 Å². The Balaban J connectivity index is 2.07. The minimum atomic E-state index is -0.823. The van der Waals surface area contributed by atoms with Gasteiger partial charge in [-0.05, 0) is 23.3 Å². The first-order valence-electron chi connectivity index (χ1n) is 6.82. The van der Waals surface area contributed by atoms with Crippen LogP contribution in [-0.4, -0.2) is 18.2 Å². The van der Waals surface area contributed by atoms with Crippen LogP contribution in [0.1, 0.15) is 23.6 Å². The summed E-state index contributed by atoms with van der Waals surface area (Å²) in [4.78, 5) is 11.1. The molecular formula is C17H19NO3. The third-order valence-corrected chi connectivity index (χ3v) is 3.29. The van der Waals surface area contributed by atoms with E-state index >= 15 is 0 Å². The second kappa shape index (κ2) is 7.45. The fourth-order valence-corrected chi connectivity index (χ4v) is 2.16. The lowest BCUT2D eigenvalue weighted by Gasteiger charge is -2.18. The van der Waals surface area contributed by atoms with Crippen molar-refractivity contribution in [3.05, 3.63) is 65.7 Å². The van der Waals surface area contributed by atoms with Gasteiger partial charge < -0.3 is 15.2 Å². The Labute approximate surface area is 124 Å². The summed E-state index contributed by atoms with van der Waals surface area (Å²) in [5.74, 6) is -0.0627. The monoisotopic (exact) mass is 285 g/mol. The van der Waals surface area contributed by atoms with Crippen LogP contribution in [0.3, 0.4) is 0 Å². The minimum Gasteiger partial charge on any atom is -0.497 e. The summed E-state index contributed by atoms with van der Waals surface area (Å²) in [5, 5.41) is 12.4. The van der Waals surface area contributed by atoms with Gasteiger partial charge in [-0.1, -0.05) is 42.5 Å². The molecule has 0 fully saturated rings. The van der Waals surface area contributed by atoms with Crippen LogP contribution in [0.25, 0.3) is 0 Å². The molecule has 0 radical (unpaired) electrons. The number of carboxylic acid groups (broad SMARTS) is 1. The van der Waals surface area contributed by atoms with E-state index in [0.29, 0.717) is 6.54 Å². The summed E-state index contributed by atoms with van der Waals surface area (Å²) in [6, 6.07) is 17.2.